The van der Waals surface area contributed by atoms with Gasteiger partial charge in [-0.15, -0.1) is 0 Å². The first-order chi connectivity index (χ1) is 10.8. The number of nitrogens with one attached hydrogen (secondary N) is 1. The van der Waals surface area contributed by atoms with E-state index >= 15 is 0 Å². The second-order valence-electron chi connectivity index (χ2n) is 5.80. The standard InChI is InChI=1S/C19H22N2O/c1-15-8-5-6-11-17(15)19(22)21-13-7-12-20-14-18(21)16-9-3-2-4-10-16/h2-6,8-11,18,20H,7,12-14H2,1H3. The highest BCUT2D eigenvalue weighted by atomic mass is 16.2. The lowest BCUT2D eigenvalue weighted by atomic mass is 10.0. The van der Waals surface area contributed by atoms with Crippen LogP contribution in [0, 0.1) is 6.92 Å². The van der Waals surface area contributed by atoms with Crippen LogP contribution in [0.4, 0.5) is 0 Å². The number of hydrogen-bond donors (Lipinski definition) is 1. The summed E-state index contributed by atoms with van der Waals surface area (Å²) in [6, 6.07) is 18.2. The molecule has 1 amide bonds. The first-order valence-electron chi connectivity index (χ1n) is 7.89. The van der Waals surface area contributed by atoms with Gasteiger partial charge in [-0.05, 0) is 37.1 Å². The number of benzene rings is 2. The fourth-order valence-corrected chi connectivity index (χ4v) is 3.06. The molecule has 1 saturated heterocycles. The Hall–Kier alpha value is -2.13. The summed E-state index contributed by atoms with van der Waals surface area (Å²) in [6.45, 7) is 4.56. The normalized spacial score (nSPS) is 18.8. The largest absolute Gasteiger partial charge is 0.330 e. The van der Waals surface area contributed by atoms with Crippen molar-refractivity contribution in [1.29, 1.82) is 0 Å². The zero-order chi connectivity index (χ0) is 15.4. The molecule has 3 rings (SSSR count). The fourth-order valence-electron chi connectivity index (χ4n) is 3.06. The van der Waals surface area contributed by atoms with Crippen molar-refractivity contribution < 1.29 is 4.79 Å². The van der Waals surface area contributed by atoms with Crippen LogP contribution in [-0.2, 0) is 0 Å². The molecular weight excluding hydrogens is 272 g/mol. The SMILES string of the molecule is Cc1ccccc1C(=O)N1CCCNCC1c1ccccc1. The van der Waals surface area contributed by atoms with Crippen LogP contribution in [0.1, 0.15) is 33.9 Å². The van der Waals surface area contributed by atoms with Crippen molar-refractivity contribution in [2.75, 3.05) is 19.6 Å². The molecule has 1 unspecified atom stereocenters. The third-order valence-corrected chi connectivity index (χ3v) is 4.29. The smallest absolute Gasteiger partial charge is 0.254 e. The van der Waals surface area contributed by atoms with Crippen LogP contribution in [0.3, 0.4) is 0 Å². The van der Waals surface area contributed by atoms with Crippen molar-refractivity contribution in [3.8, 4) is 0 Å². The third-order valence-electron chi connectivity index (χ3n) is 4.29. The van der Waals surface area contributed by atoms with Gasteiger partial charge in [0.1, 0.15) is 0 Å². The van der Waals surface area contributed by atoms with Crippen molar-refractivity contribution in [2.45, 2.75) is 19.4 Å². The van der Waals surface area contributed by atoms with E-state index in [1.807, 2.05) is 54.3 Å². The lowest BCUT2D eigenvalue weighted by Crippen LogP contribution is -2.37. The molecule has 1 atom stereocenters. The fraction of sp³-hybridized carbons (Fsp3) is 0.316. The zero-order valence-electron chi connectivity index (χ0n) is 13.0. The van der Waals surface area contributed by atoms with E-state index in [2.05, 4.69) is 17.4 Å². The molecule has 2 aromatic carbocycles. The first kappa shape index (κ1) is 14.8. The number of amides is 1. The molecule has 2 aromatic rings. The summed E-state index contributed by atoms with van der Waals surface area (Å²) >= 11 is 0. The molecule has 1 fully saturated rings. The van der Waals surface area contributed by atoms with Crippen LogP contribution in [-0.4, -0.2) is 30.4 Å². The van der Waals surface area contributed by atoms with E-state index in [1.165, 1.54) is 5.56 Å². The predicted molar refractivity (Wildman–Crippen MR) is 88.9 cm³/mol. The molecule has 0 spiro atoms. The van der Waals surface area contributed by atoms with Crippen LogP contribution < -0.4 is 5.32 Å². The van der Waals surface area contributed by atoms with E-state index in [0.29, 0.717) is 0 Å². The maximum Gasteiger partial charge on any atom is 0.254 e. The molecule has 1 N–H and O–H groups in total. The minimum absolute atomic E-state index is 0.0933. The molecule has 0 radical (unpaired) electrons. The first-order valence-corrected chi connectivity index (χ1v) is 7.89. The van der Waals surface area contributed by atoms with Gasteiger partial charge in [-0.1, -0.05) is 48.5 Å². The van der Waals surface area contributed by atoms with Gasteiger partial charge < -0.3 is 10.2 Å². The lowest BCUT2D eigenvalue weighted by molar-refractivity contribution is 0.0690. The average Bonchev–Trinajstić information content (AvgIpc) is 2.81. The number of hydrogen-bond acceptors (Lipinski definition) is 2. The summed E-state index contributed by atoms with van der Waals surface area (Å²) in [4.78, 5) is 15.1. The molecule has 0 aliphatic carbocycles. The van der Waals surface area contributed by atoms with E-state index < -0.39 is 0 Å². The van der Waals surface area contributed by atoms with Gasteiger partial charge in [0.25, 0.3) is 5.91 Å². The van der Waals surface area contributed by atoms with Crippen LogP contribution in [0.25, 0.3) is 0 Å². The van der Waals surface area contributed by atoms with Gasteiger partial charge >= 0.3 is 0 Å². The van der Waals surface area contributed by atoms with E-state index in [1.54, 1.807) is 0 Å². The highest BCUT2D eigenvalue weighted by Crippen LogP contribution is 2.25. The molecule has 0 bridgehead atoms. The number of rotatable bonds is 2. The quantitative estimate of drug-likeness (QED) is 0.922. The number of nitrogens with zero attached hydrogens (tertiary/aromatic N) is 1. The minimum atomic E-state index is 0.0933. The third kappa shape index (κ3) is 3.04. The number of carbonyl (C=O) groups excluding carboxylic acids is 1. The van der Waals surface area contributed by atoms with Crippen molar-refractivity contribution in [2.24, 2.45) is 0 Å². The van der Waals surface area contributed by atoms with Crippen LogP contribution >= 0.6 is 0 Å². The maximum absolute atomic E-state index is 13.1. The summed E-state index contributed by atoms with van der Waals surface area (Å²) in [6.07, 6.45) is 0.987. The van der Waals surface area contributed by atoms with Crippen molar-refractivity contribution in [3.05, 3.63) is 71.3 Å². The topological polar surface area (TPSA) is 32.3 Å². The summed E-state index contributed by atoms with van der Waals surface area (Å²) in [5.41, 5.74) is 3.04. The number of aryl methyl sites for hydroxylation is 1. The number of carbonyl (C=O) groups is 1. The van der Waals surface area contributed by atoms with Crippen molar-refractivity contribution in [1.82, 2.24) is 10.2 Å². The Morgan fingerprint density at radius 3 is 2.59 bits per heavy atom. The van der Waals surface area contributed by atoms with Gasteiger partial charge in [0.05, 0.1) is 6.04 Å². The molecule has 22 heavy (non-hydrogen) atoms. The summed E-state index contributed by atoms with van der Waals surface area (Å²) < 4.78 is 0. The molecule has 0 aromatic heterocycles. The Labute approximate surface area is 132 Å². The zero-order valence-corrected chi connectivity index (χ0v) is 13.0. The Kier molecular flexibility index (Phi) is 4.54. The molecule has 1 aliphatic heterocycles. The molecular formula is C19H22N2O. The van der Waals surface area contributed by atoms with Crippen molar-refractivity contribution in [3.63, 3.8) is 0 Å². The van der Waals surface area contributed by atoms with Gasteiger partial charge in [0, 0.05) is 18.7 Å². The van der Waals surface area contributed by atoms with Gasteiger partial charge in [-0.25, -0.2) is 0 Å². The molecule has 1 aliphatic rings. The Morgan fingerprint density at radius 2 is 1.82 bits per heavy atom. The summed E-state index contributed by atoms with van der Waals surface area (Å²) in [5.74, 6) is 0.135. The average molecular weight is 294 g/mol. The minimum Gasteiger partial charge on any atom is -0.330 e. The van der Waals surface area contributed by atoms with E-state index in [-0.39, 0.29) is 11.9 Å². The van der Waals surface area contributed by atoms with Gasteiger partial charge in [-0.2, -0.15) is 0 Å². The molecule has 3 nitrogen and oxygen atoms in total. The second-order valence-corrected chi connectivity index (χ2v) is 5.80. The van der Waals surface area contributed by atoms with Crippen LogP contribution in [0.5, 0.6) is 0 Å². The van der Waals surface area contributed by atoms with Crippen molar-refractivity contribution >= 4 is 5.91 Å². The molecule has 1 heterocycles. The lowest BCUT2D eigenvalue weighted by Gasteiger charge is -2.30. The summed E-state index contributed by atoms with van der Waals surface area (Å²) in [5, 5.41) is 3.45. The van der Waals surface area contributed by atoms with Gasteiger partial charge in [0.15, 0.2) is 0 Å². The monoisotopic (exact) mass is 294 g/mol. The highest BCUT2D eigenvalue weighted by molar-refractivity contribution is 5.96. The van der Waals surface area contributed by atoms with E-state index in [4.69, 9.17) is 0 Å². The summed E-state index contributed by atoms with van der Waals surface area (Å²) in [7, 11) is 0. The predicted octanol–water partition coefficient (Wildman–Crippen LogP) is 3.17. The molecule has 114 valence electrons. The van der Waals surface area contributed by atoms with Crippen LogP contribution in [0.2, 0.25) is 0 Å². The molecule has 3 heteroatoms. The van der Waals surface area contributed by atoms with E-state index in [9.17, 15) is 4.79 Å². The Morgan fingerprint density at radius 1 is 1.09 bits per heavy atom. The van der Waals surface area contributed by atoms with Gasteiger partial charge in [0.2, 0.25) is 0 Å². The Bertz CT molecular complexity index is 639. The highest BCUT2D eigenvalue weighted by Gasteiger charge is 2.27. The second kappa shape index (κ2) is 6.75. The van der Waals surface area contributed by atoms with E-state index in [0.717, 1.165) is 37.2 Å². The van der Waals surface area contributed by atoms with Crippen LogP contribution in [0.15, 0.2) is 54.6 Å². The Balaban J connectivity index is 1.94. The van der Waals surface area contributed by atoms with Gasteiger partial charge in [-0.3, -0.25) is 4.79 Å². The molecule has 0 saturated carbocycles. The maximum atomic E-state index is 13.1.